The molecule has 16 heavy (non-hydrogen) atoms. The van der Waals surface area contributed by atoms with E-state index in [0.29, 0.717) is 4.90 Å². The Hall–Kier alpha value is -1.10. The molecule has 1 aromatic carbocycles. The van der Waals surface area contributed by atoms with Crippen molar-refractivity contribution in [2.24, 2.45) is 0 Å². The first-order valence-corrected chi connectivity index (χ1v) is 5.56. The van der Waals surface area contributed by atoms with Crippen LogP contribution in [-0.4, -0.2) is 17.3 Å². The van der Waals surface area contributed by atoms with Crippen LogP contribution in [0, 0.1) is 0 Å². The van der Waals surface area contributed by atoms with Crippen LogP contribution in [0.3, 0.4) is 0 Å². The second-order valence-corrected chi connectivity index (χ2v) is 4.57. The van der Waals surface area contributed by atoms with Gasteiger partial charge in [-0.1, -0.05) is 18.2 Å². The van der Waals surface area contributed by atoms with Gasteiger partial charge >= 0.3 is 11.2 Å². The third kappa shape index (κ3) is 3.81. The highest BCUT2D eigenvalue weighted by Gasteiger charge is 2.42. The van der Waals surface area contributed by atoms with Gasteiger partial charge in [0.25, 0.3) is 0 Å². The van der Waals surface area contributed by atoms with Gasteiger partial charge in [0.2, 0.25) is 0 Å². The second-order valence-electron chi connectivity index (χ2n) is 3.39. The predicted octanol–water partition coefficient (Wildman–Crippen LogP) is 3.32. The summed E-state index contributed by atoms with van der Waals surface area (Å²) in [6, 6.07) is 8.01. The lowest BCUT2D eigenvalue weighted by atomic mass is 10.4. The third-order valence-corrected chi connectivity index (χ3v) is 2.50. The molecule has 88 valence electrons. The first-order valence-electron chi connectivity index (χ1n) is 4.75. The molecule has 0 heterocycles. The standard InChI is InChI=1S/C11H12F2O2S/c1-8(2)15-10(14)11(12,13)16-9-6-4-3-5-7-9/h3-8H,1-2H3. The number of alkyl halides is 2. The van der Waals surface area contributed by atoms with Crippen molar-refractivity contribution in [2.75, 3.05) is 0 Å². The second kappa shape index (κ2) is 5.30. The highest BCUT2D eigenvalue weighted by molar-refractivity contribution is 8.01. The van der Waals surface area contributed by atoms with E-state index >= 15 is 0 Å². The van der Waals surface area contributed by atoms with E-state index in [4.69, 9.17) is 0 Å². The SMILES string of the molecule is CC(C)OC(=O)C(F)(F)Sc1ccccc1. The van der Waals surface area contributed by atoms with Crippen molar-refractivity contribution in [3.05, 3.63) is 30.3 Å². The van der Waals surface area contributed by atoms with E-state index in [1.54, 1.807) is 18.2 Å². The molecular formula is C11H12F2O2S. The van der Waals surface area contributed by atoms with Crippen molar-refractivity contribution in [2.45, 2.75) is 30.1 Å². The Bertz CT molecular complexity index is 352. The largest absolute Gasteiger partial charge is 0.458 e. The molecule has 0 saturated heterocycles. The number of halogens is 2. The molecule has 1 rings (SSSR count). The number of carbonyl (C=O) groups excluding carboxylic acids is 1. The average Bonchev–Trinajstić information content (AvgIpc) is 2.17. The fraction of sp³-hybridized carbons (Fsp3) is 0.364. The maximum absolute atomic E-state index is 13.4. The summed E-state index contributed by atoms with van der Waals surface area (Å²) in [7, 11) is 0. The monoisotopic (exact) mass is 246 g/mol. The lowest BCUT2D eigenvalue weighted by Crippen LogP contribution is -2.29. The molecule has 0 unspecified atom stereocenters. The molecule has 0 saturated carbocycles. The number of hydrogen-bond acceptors (Lipinski definition) is 3. The Morgan fingerprint density at radius 3 is 2.38 bits per heavy atom. The third-order valence-electron chi connectivity index (χ3n) is 1.57. The van der Waals surface area contributed by atoms with Crippen LogP contribution in [0.5, 0.6) is 0 Å². The van der Waals surface area contributed by atoms with Gasteiger partial charge < -0.3 is 4.74 Å². The first kappa shape index (κ1) is 13.0. The molecule has 0 spiro atoms. The summed E-state index contributed by atoms with van der Waals surface area (Å²) in [4.78, 5) is 11.4. The van der Waals surface area contributed by atoms with Crippen molar-refractivity contribution in [1.82, 2.24) is 0 Å². The minimum atomic E-state index is -3.55. The summed E-state index contributed by atoms with van der Waals surface area (Å²) < 4.78 is 31.2. The van der Waals surface area contributed by atoms with Crippen LogP contribution in [0.25, 0.3) is 0 Å². The maximum atomic E-state index is 13.4. The molecule has 0 bridgehead atoms. The molecule has 0 aliphatic rings. The number of hydrogen-bond donors (Lipinski definition) is 0. The van der Waals surface area contributed by atoms with Crippen LogP contribution >= 0.6 is 11.8 Å². The lowest BCUT2D eigenvalue weighted by Gasteiger charge is -2.16. The van der Waals surface area contributed by atoms with Gasteiger partial charge in [-0.2, -0.15) is 8.78 Å². The molecule has 0 fully saturated rings. The van der Waals surface area contributed by atoms with Crippen molar-refractivity contribution in [1.29, 1.82) is 0 Å². The van der Waals surface area contributed by atoms with Gasteiger partial charge in [0, 0.05) is 4.90 Å². The zero-order valence-electron chi connectivity index (χ0n) is 8.94. The van der Waals surface area contributed by atoms with Crippen LogP contribution in [0.4, 0.5) is 8.78 Å². The van der Waals surface area contributed by atoms with E-state index < -0.39 is 17.3 Å². The van der Waals surface area contributed by atoms with Crippen LogP contribution in [0.15, 0.2) is 35.2 Å². The summed E-state index contributed by atoms with van der Waals surface area (Å²) in [5.41, 5.74) is 0. The Kier molecular flexibility index (Phi) is 4.29. The van der Waals surface area contributed by atoms with E-state index in [-0.39, 0.29) is 11.8 Å². The van der Waals surface area contributed by atoms with Crippen LogP contribution in [0.1, 0.15) is 13.8 Å². The number of rotatable bonds is 4. The summed E-state index contributed by atoms with van der Waals surface area (Å²) in [6.07, 6.45) is -0.547. The van der Waals surface area contributed by atoms with Gasteiger partial charge in [-0.25, -0.2) is 4.79 Å². The predicted molar refractivity (Wildman–Crippen MR) is 58.5 cm³/mol. The number of ether oxygens (including phenoxy) is 1. The highest BCUT2D eigenvalue weighted by Crippen LogP contribution is 2.36. The average molecular weight is 246 g/mol. The molecule has 0 N–H and O–H groups in total. The normalized spacial score (nSPS) is 11.6. The van der Waals surface area contributed by atoms with Crippen LogP contribution in [0.2, 0.25) is 0 Å². The number of benzene rings is 1. The zero-order valence-corrected chi connectivity index (χ0v) is 9.76. The Morgan fingerprint density at radius 1 is 1.31 bits per heavy atom. The first-order chi connectivity index (χ1) is 7.42. The zero-order chi connectivity index (χ0) is 12.2. The number of thioether (sulfide) groups is 1. The van der Waals surface area contributed by atoms with Gasteiger partial charge in [0.1, 0.15) is 0 Å². The van der Waals surface area contributed by atoms with Crippen molar-refractivity contribution >= 4 is 17.7 Å². The van der Waals surface area contributed by atoms with Gasteiger partial charge in [-0.15, -0.1) is 0 Å². The molecule has 0 aliphatic heterocycles. The molecular weight excluding hydrogens is 234 g/mol. The quantitative estimate of drug-likeness (QED) is 0.602. The molecule has 0 aliphatic carbocycles. The van der Waals surface area contributed by atoms with Gasteiger partial charge in [0.15, 0.2) is 0 Å². The van der Waals surface area contributed by atoms with E-state index in [0.717, 1.165) is 0 Å². The van der Waals surface area contributed by atoms with Crippen LogP contribution < -0.4 is 0 Å². The van der Waals surface area contributed by atoms with E-state index in [1.807, 2.05) is 0 Å². The number of esters is 1. The molecule has 0 radical (unpaired) electrons. The molecule has 0 aromatic heterocycles. The van der Waals surface area contributed by atoms with E-state index in [2.05, 4.69) is 4.74 Å². The summed E-state index contributed by atoms with van der Waals surface area (Å²) in [5, 5.41) is -3.55. The summed E-state index contributed by atoms with van der Waals surface area (Å²) >= 11 is 0.188. The fourth-order valence-corrected chi connectivity index (χ4v) is 1.68. The number of carbonyl (C=O) groups is 1. The summed E-state index contributed by atoms with van der Waals surface area (Å²) in [6.45, 7) is 3.06. The minimum absolute atomic E-state index is 0.188. The highest BCUT2D eigenvalue weighted by atomic mass is 32.2. The Labute approximate surface area is 97.0 Å². The summed E-state index contributed by atoms with van der Waals surface area (Å²) in [5.74, 6) is -1.50. The van der Waals surface area contributed by atoms with E-state index in [9.17, 15) is 13.6 Å². The lowest BCUT2D eigenvalue weighted by molar-refractivity contribution is -0.164. The van der Waals surface area contributed by atoms with Crippen molar-refractivity contribution < 1.29 is 18.3 Å². The fourth-order valence-electron chi connectivity index (χ4n) is 0.961. The van der Waals surface area contributed by atoms with Crippen molar-refractivity contribution in [3.8, 4) is 0 Å². The molecule has 1 aromatic rings. The Morgan fingerprint density at radius 2 is 1.88 bits per heavy atom. The molecule has 0 amide bonds. The topological polar surface area (TPSA) is 26.3 Å². The molecule has 5 heteroatoms. The van der Waals surface area contributed by atoms with Gasteiger partial charge in [-0.05, 0) is 37.7 Å². The smallest absolute Gasteiger partial charge is 0.393 e. The van der Waals surface area contributed by atoms with Gasteiger partial charge in [0.05, 0.1) is 6.10 Å². The van der Waals surface area contributed by atoms with Gasteiger partial charge in [-0.3, -0.25) is 0 Å². The molecule has 0 atom stereocenters. The van der Waals surface area contributed by atoms with Crippen molar-refractivity contribution in [3.63, 3.8) is 0 Å². The Balaban J connectivity index is 2.68. The maximum Gasteiger partial charge on any atom is 0.393 e. The minimum Gasteiger partial charge on any atom is -0.458 e. The van der Waals surface area contributed by atoms with E-state index in [1.165, 1.54) is 26.0 Å². The molecule has 2 nitrogen and oxygen atoms in total. The van der Waals surface area contributed by atoms with Crippen LogP contribution in [-0.2, 0) is 9.53 Å².